The highest BCUT2D eigenvalue weighted by Gasteiger charge is 2.16. The second kappa shape index (κ2) is 9.87. The number of fused-ring (bicyclic) bond motifs is 1. The molecule has 0 spiro atoms. The minimum Gasteiger partial charge on any atom is -0.487 e. The smallest absolute Gasteiger partial charge is 0.254 e. The van der Waals surface area contributed by atoms with Gasteiger partial charge in [-0.2, -0.15) is 0 Å². The van der Waals surface area contributed by atoms with Crippen LogP contribution in [-0.4, -0.2) is 60.7 Å². The Kier molecular flexibility index (Phi) is 7.00. The maximum Gasteiger partial charge on any atom is 0.254 e. The van der Waals surface area contributed by atoms with Crippen LogP contribution in [0.5, 0.6) is 5.75 Å². The molecule has 0 aliphatic carbocycles. The van der Waals surface area contributed by atoms with Crippen LogP contribution in [0.1, 0.15) is 16.1 Å². The van der Waals surface area contributed by atoms with Gasteiger partial charge in [0, 0.05) is 45.3 Å². The van der Waals surface area contributed by atoms with Crippen molar-refractivity contribution in [3.05, 3.63) is 66.1 Å². The molecule has 0 saturated heterocycles. The van der Waals surface area contributed by atoms with Gasteiger partial charge in [-0.15, -0.1) is 0 Å². The lowest BCUT2D eigenvalue weighted by atomic mass is 10.2. The van der Waals surface area contributed by atoms with E-state index in [1.54, 1.807) is 31.3 Å². The average Bonchev–Trinajstić information content (AvgIpc) is 3.15. The third-order valence-corrected chi connectivity index (χ3v) is 4.30. The fourth-order valence-corrected chi connectivity index (χ4v) is 2.83. The molecule has 7 heteroatoms. The molecule has 0 aliphatic rings. The molecule has 7 nitrogen and oxygen atoms in total. The summed E-state index contributed by atoms with van der Waals surface area (Å²) in [7, 11) is 3.24. The van der Waals surface area contributed by atoms with E-state index in [1.807, 2.05) is 47.1 Å². The van der Waals surface area contributed by atoms with Crippen molar-refractivity contribution in [2.75, 3.05) is 40.5 Å². The number of imidazole rings is 1. The average molecular weight is 383 g/mol. The number of hydrogen-bond donors (Lipinski definition) is 0. The number of methoxy groups -OCH3 is 2. The number of nitrogens with zero attached hydrogens (tertiary/aromatic N) is 3. The predicted octanol–water partition coefficient (Wildman–Crippen LogP) is 2.65. The van der Waals surface area contributed by atoms with E-state index in [1.165, 1.54) is 0 Å². The Morgan fingerprint density at radius 3 is 2.57 bits per heavy atom. The summed E-state index contributed by atoms with van der Waals surface area (Å²) in [6.07, 6.45) is 3.88. The predicted molar refractivity (Wildman–Crippen MR) is 106 cm³/mol. The van der Waals surface area contributed by atoms with E-state index in [2.05, 4.69) is 4.98 Å². The monoisotopic (exact) mass is 383 g/mol. The van der Waals surface area contributed by atoms with Gasteiger partial charge in [-0.1, -0.05) is 12.1 Å². The Balaban J connectivity index is 1.67. The van der Waals surface area contributed by atoms with Gasteiger partial charge in [0.15, 0.2) is 0 Å². The Bertz CT molecular complexity index is 868. The third-order valence-electron chi connectivity index (χ3n) is 4.30. The molecule has 0 atom stereocenters. The minimum absolute atomic E-state index is 0.0766. The van der Waals surface area contributed by atoms with Crippen LogP contribution in [0.15, 0.2) is 54.9 Å². The zero-order chi connectivity index (χ0) is 19.8. The maximum atomic E-state index is 12.8. The first-order chi connectivity index (χ1) is 13.7. The summed E-state index contributed by atoms with van der Waals surface area (Å²) >= 11 is 0. The molecule has 148 valence electrons. The quantitative estimate of drug-likeness (QED) is 0.539. The van der Waals surface area contributed by atoms with Crippen LogP contribution in [0.4, 0.5) is 0 Å². The van der Waals surface area contributed by atoms with Crippen LogP contribution in [0.2, 0.25) is 0 Å². The van der Waals surface area contributed by atoms with Gasteiger partial charge >= 0.3 is 0 Å². The zero-order valence-corrected chi connectivity index (χ0v) is 16.2. The Hall–Kier alpha value is -2.90. The third kappa shape index (κ3) is 5.09. The van der Waals surface area contributed by atoms with E-state index in [-0.39, 0.29) is 5.91 Å². The second-order valence-electron chi connectivity index (χ2n) is 6.29. The van der Waals surface area contributed by atoms with Gasteiger partial charge in [0.05, 0.1) is 18.9 Å². The van der Waals surface area contributed by atoms with Gasteiger partial charge in [-0.3, -0.25) is 4.79 Å². The molecule has 0 fully saturated rings. The van der Waals surface area contributed by atoms with Gasteiger partial charge in [-0.25, -0.2) is 4.98 Å². The minimum atomic E-state index is -0.0766. The van der Waals surface area contributed by atoms with E-state index in [9.17, 15) is 4.79 Å². The van der Waals surface area contributed by atoms with E-state index in [0.717, 1.165) is 11.3 Å². The summed E-state index contributed by atoms with van der Waals surface area (Å²) in [5.41, 5.74) is 2.27. The van der Waals surface area contributed by atoms with Crippen molar-refractivity contribution in [1.29, 1.82) is 0 Å². The van der Waals surface area contributed by atoms with E-state index in [0.29, 0.717) is 44.2 Å². The van der Waals surface area contributed by atoms with Crippen molar-refractivity contribution < 1.29 is 19.0 Å². The van der Waals surface area contributed by atoms with Crippen LogP contribution in [-0.2, 0) is 16.1 Å². The molecule has 0 bridgehead atoms. The second-order valence-corrected chi connectivity index (χ2v) is 6.29. The Morgan fingerprint density at radius 1 is 1.07 bits per heavy atom. The van der Waals surface area contributed by atoms with Crippen molar-refractivity contribution in [2.45, 2.75) is 6.61 Å². The fourth-order valence-electron chi connectivity index (χ4n) is 2.83. The molecular weight excluding hydrogens is 358 g/mol. The number of carbonyl (C=O) groups is 1. The number of benzene rings is 1. The highest BCUT2D eigenvalue weighted by molar-refractivity contribution is 5.94. The van der Waals surface area contributed by atoms with Crippen LogP contribution in [0.25, 0.3) is 5.65 Å². The van der Waals surface area contributed by atoms with E-state index in [4.69, 9.17) is 14.2 Å². The maximum absolute atomic E-state index is 12.8. The van der Waals surface area contributed by atoms with Crippen molar-refractivity contribution in [1.82, 2.24) is 14.3 Å². The number of amides is 1. The largest absolute Gasteiger partial charge is 0.487 e. The number of ether oxygens (including phenoxy) is 3. The van der Waals surface area contributed by atoms with Crippen molar-refractivity contribution in [3.63, 3.8) is 0 Å². The first-order valence-corrected chi connectivity index (χ1v) is 9.14. The number of carbonyl (C=O) groups excluding carboxylic acids is 1. The molecule has 3 rings (SSSR count). The molecule has 2 heterocycles. The molecule has 0 radical (unpaired) electrons. The van der Waals surface area contributed by atoms with Crippen LogP contribution < -0.4 is 4.74 Å². The summed E-state index contributed by atoms with van der Waals surface area (Å²) in [5, 5.41) is 0. The van der Waals surface area contributed by atoms with Gasteiger partial charge in [0.25, 0.3) is 5.91 Å². The lowest BCUT2D eigenvalue weighted by Gasteiger charge is -2.22. The summed E-state index contributed by atoms with van der Waals surface area (Å²) in [6, 6.07) is 13.0. The van der Waals surface area contributed by atoms with Gasteiger partial charge in [-0.05, 0) is 30.3 Å². The molecule has 1 amide bonds. The van der Waals surface area contributed by atoms with Crippen molar-refractivity contribution in [3.8, 4) is 5.75 Å². The Labute approximate surface area is 164 Å². The Morgan fingerprint density at radius 2 is 1.86 bits per heavy atom. The first-order valence-electron chi connectivity index (χ1n) is 9.14. The number of pyridine rings is 1. The van der Waals surface area contributed by atoms with Gasteiger partial charge < -0.3 is 23.5 Å². The van der Waals surface area contributed by atoms with E-state index >= 15 is 0 Å². The molecule has 2 aromatic heterocycles. The highest BCUT2D eigenvalue weighted by atomic mass is 16.5. The lowest BCUT2D eigenvalue weighted by molar-refractivity contribution is 0.0627. The summed E-state index contributed by atoms with van der Waals surface area (Å²) in [4.78, 5) is 19.1. The highest BCUT2D eigenvalue weighted by Crippen LogP contribution is 2.17. The molecule has 0 N–H and O–H groups in total. The molecular formula is C21H25N3O4. The van der Waals surface area contributed by atoms with Crippen LogP contribution >= 0.6 is 0 Å². The normalized spacial score (nSPS) is 10.9. The SMILES string of the molecule is COCCN(CCOC)C(=O)c1cccc(OCc2cn3ccccc3n2)c1. The molecule has 1 aromatic carbocycles. The number of aromatic nitrogens is 2. The zero-order valence-electron chi connectivity index (χ0n) is 16.2. The number of rotatable bonds is 10. The fraction of sp³-hybridized carbons (Fsp3) is 0.333. The van der Waals surface area contributed by atoms with E-state index < -0.39 is 0 Å². The lowest BCUT2D eigenvalue weighted by Crippen LogP contribution is -2.36. The topological polar surface area (TPSA) is 65.3 Å². The van der Waals surface area contributed by atoms with Crippen molar-refractivity contribution >= 4 is 11.6 Å². The van der Waals surface area contributed by atoms with Crippen LogP contribution in [0, 0.1) is 0 Å². The first kappa shape index (κ1) is 19.9. The summed E-state index contributed by atoms with van der Waals surface area (Å²) in [5.74, 6) is 0.550. The molecule has 0 saturated carbocycles. The van der Waals surface area contributed by atoms with Crippen LogP contribution in [0.3, 0.4) is 0 Å². The summed E-state index contributed by atoms with van der Waals surface area (Å²) in [6.45, 7) is 2.28. The molecule has 0 aliphatic heterocycles. The van der Waals surface area contributed by atoms with Gasteiger partial charge in [0.2, 0.25) is 0 Å². The standard InChI is InChI=1S/C21H25N3O4/c1-26-12-10-23(11-13-27-2)21(25)17-6-5-7-19(14-17)28-16-18-15-24-9-4-3-8-20(24)22-18/h3-9,14-15H,10-13,16H2,1-2H3. The molecule has 0 unspecified atom stereocenters. The molecule has 28 heavy (non-hydrogen) atoms. The van der Waals surface area contributed by atoms with Crippen molar-refractivity contribution in [2.24, 2.45) is 0 Å². The number of hydrogen-bond acceptors (Lipinski definition) is 5. The molecule has 3 aromatic rings. The van der Waals surface area contributed by atoms with Gasteiger partial charge in [0.1, 0.15) is 18.0 Å². The summed E-state index contributed by atoms with van der Waals surface area (Å²) < 4.78 is 18.0.